The van der Waals surface area contributed by atoms with Gasteiger partial charge in [-0.05, 0) is 43.5 Å². The molecule has 0 unspecified atom stereocenters. The Balaban J connectivity index is 2.04. The van der Waals surface area contributed by atoms with Crippen LogP contribution in [0.5, 0.6) is 5.88 Å². The molecule has 2 rings (SSSR count). The zero-order valence-corrected chi connectivity index (χ0v) is 13.2. The number of hydrogen-bond donors (Lipinski definition) is 1. The van der Waals surface area contributed by atoms with Gasteiger partial charge in [0.15, 0.2) is 0 Å². The van der Waals surface area contributed by atoms with Crippen LogP contribution in [0.2, 0.25) is 0 Å². The highest BCUT2D eigenvalue weighted by Gasteiger charge is 2.10. The summed E-state index contributed by atoms with van der Waals surface area (Å²) in [6, 6.07) is 6.33. The van der Waals surface area contributed by atoms with E-state index in [1.165, 1.54) is 16.0 Å². The Kier molecular flexibility index (Phi) is 5.56. The number of rotatable bonds is 7. The first-order valence-corrected chi connectivity index (χ1v) is 7.91. The Morgan fingerprint density at radius 1 is 1.35 bits per heavy atom. The van der Waals surface area contributed by atoms with Crippen molar-refractivity contribution in [1.29, 1.82) is 0 Å². The summed E-state index contributed by atoms with van der Waals surface area (Å²) in [5, 5.41) is 5.45. The van der Waals surface area contributed by atoms with E-state index in [9.17, 15) is 0 Å². The van der Waals surface area contributed by atoms with Crippen molar-refractivity contribution in [3.8, 4) is 5.88 Å². The van der Waals surface area contributed by atoms with E-state index in [0.29, 0.717) is 6.61 Å². The lowest BCUT2D eigenvalue weighted by molar-refractivity contribution is 0.305. The van der Waals surface area contributed by atoms with Gasteiger partial charge in [0.25, 0.3) is 0 Å². The summed E-state index contributed by atoms with van der Waals surface area (Å²) in [6.45, 7) is 8.67. The van der Waals surface area contributed by atoms with Crippen LogP contribution in [-0.2, 0) is 13.0 Å². The number of nitrogens with zero attached hydrogens (tertiary/aromatic N) is 1. The molecule has 0 aromatic carbocycles. The first kappa shape index (κ1) is 15.0. The van der Waals surface area contributed by atoms with Crippen molar-refractivity contribution < 1.29 is 4.74 Å². The Bertz CT molecular complexity index is 538. The molecule has 2 aromatic rings. The molecule has 0 radical (unpaired) electrons. The first-order valence-electron chi connectivity index (χ1n) is 7.03. The number of thiophene rings is 1. The van der Waals surface area contributed by atoms with E-state index in [1.807, 2.05) is 6.92 Å². The van der Waals surface area contributed by atoms with E-state index in [4.69, 9.17) is 4.74 Å². The fraction of sp³-hybridized carbons (Fsp3) is 0.438. The molecular weight excluding hydrogens is 268 g/mol. The van der Waals surface area contributed by atoms with Crippen LogP contribution in [0.3, 0.4) is 0 Å². The van der Waals surface area contributed by atoms with Gasteiger partial charge < -0.3 is 10.1 Å². The molecule has 0 aliphatic rings. The van der Waals surface area contributed by atoms with E-state index in [1.54, 1.807) is 11.3 Å². The Morgan fingerprint density at radius 2 is 2.20 bits per heavy atom. The Labute approximate surface area is 125 Å². The number of hydrogen-bond acceptors (Lipinski definition) is 4. The fourth-order valence-electron chi connectivity index (χ4n) is 2.12. The quantitative estimate of drug-likeness (QED) is 0.847. The van der Waals surface area contributed by atoms with E-state index in [2.05, 4.69) is 47.7 Å². The summed E-state index contributed by atoms with van der Waals surface area (Å²) in [6.07, 6.45) is 0.937. The number of aromatic nitrogens is 1. The summed E-state index contributed by atoms with van der Waals surface area (Å²) in [5.41, 5.74) is 3.42. The highest BCUT2D eigenvalue weighted by atomic mass is 32.1. The lowest BCUT2D eigenvalue weighted by Crippen LogP contribution is -2.15. The molecule has 20 heavy (non-hydrogen) atoms. The van der Waals surface area contributed by atoms with Gasteiger partial charge in [-0.15, -0.1) is 11.3 Å². The molecule has 0 spiro atoms. The average Bonchev–Trinajstić information content (AvgIpc) is 2.91. The molecule has 0 aliphatic heterocycles. The number of pyridine rings is 1. The van der Waals surface area contributed by atoms with Crippen molar-refractivity contribution in [2.45, 2.75) is 33.7 Å². The lowest BCUT2D eigenvalue weighted by atomic mass is 10.1. The molecule has 0 fully saturated rings. The molecule has 0 saturated heterocycles. The molecule has 2 aromatic heterocycles. The monoisotopic (exact) mass is 290 g/mol. The topological polar surface area (TPSA) is 34.2 Å². The number of nitrogens with one attached hydrogen (secondary N) is 1. The third-order valence-electron chi connectivity index (χ3n) is 3.16. The van der Waals surface area contributed by atoms with E-state index in [0.717, 1.165) is 31.1 Å². The molecule has 0 aliphatic carbocycles. The smallest absolute Gasteiger partial charge is 0.218 e. The van der Waals surface area contributed by atoms with Gasteiger partial charge in [-0.25, -0.2) is 4.98 Å². The summed E-state index contributed by atoms with van der Waals surface area (Å²) in [5.74, 6) is 0.778. The minimum Gasteiger partial charge on any atom is -0.477 e. The van der Waals surface area contributed by atoms with Crippen molar-refractivity contribution in [2.75, 3.05) is 13.2 Å². The van der Waals surface area contributed by atoms with Gasteiger partial charge in [0.1, 0.15) is 0 Å². The third-order valence-corrected chi connectivity index (χ3v) is 4.09. The zero-order chi connectivity index (χ0) is 14.4. The van der Waals surface area contributed by atoms with Crippen LogP contribution >= 0.6 is 11.3 Å². The van der Waals surface area contributed by atoms with Crippen molar-refractivity contribution >= 4 is 11.3 Å². The van der Waals surface area contributed by atoms with Crippen LogP contribution in [-0.4, -0.2) is 18.1 Å². The summed E-state index contributed by atoms with van der Waals surface area (Å²) in [7, 11) is 0. The minimum atomic E-state index is 0.676. The van der Waals surface area contributed by atoms with Crippen LogP contribution in [0.1, 0.15) is 28.6 Å². The van der Waals surface area contributed by atoms with Gasteiger partial charge in [-0.1, -0.05) is 13.0 Å². The maximum atomic E-state index is 5.92. The van der Waals surface area contributed by atoms with E-state index in [-0.39, 0.29) is 0 Å². The largest absolute Gasteiger partial charge is 0.477 e. The van der Waals surface area contributed by atoms with Gasteiger partial charge in [0.05, 0.1) is 6.61 Å². The summed E-state index contributed by atoms with van der Waals surface area (Å²) in [4.78, 5) is 5.90. The van der Waals surface area contributed by atoms with Gasteiger partial charge in [-0.2, -0.15) is 0 Å². The summed E-state index contributed by atoms with van der Waals surface area (Å²) < 4.78 is 5.92. The average molecular weight is 290 g/mol. The molecule has 1 N–H and O–H groups in total. The predicted octanol–water partition coefficient (Wildman–Crippen LogP) is 3.49. The standard InChI is InChI=1S/C16H22N2OS/c1-4-17-11-15-12(2)10-13(3)18-16(15)19-8-7-14-6-5-9-20-14/h5-6,9-10,17H,4,7-8,11H2,1-3H3. The Morgan fingerprint density at radius 3 is 2.90 bits per heavy atom. The molecule has 4 heteroatoms. The molecule has 2 heterocycles. The highest BCUT2D eigenvalue weighted by molar-refractivity contribution is 7.09. The van der Waals surface area contributed by atoms with Crippen molar-refractivity contribution in [3.63, 3.8) is 0 Å². The van der Waals surface area contributed by atoms with Crippen LogP contribution in [0.4, 0.5) is 0 Å². The minimum absolute atomic E-state index is 0.676. The number of ether oxygens (including phenoxy) is 1. The van der Waals surface area contributed by atoms with Crippen molar-refractivity contribution in [2.24, 2.45) is 0 Å². The van der Waals surface area contributed by atoms with Gasteiger partial charge in [0.2, 0.25) is 5.88 Å². The van der Waals surface area contributed by atoms with Crippen LogP contribution < -0.4 is 10.1 Å². The lowest BCUT2D eigenvalue weighted by Gasteiger charge is -2.14. The van der Waals surface area contributed by atoms with Gasteiger partial charge in [0, 0.05) is 29.1 Å². The maximum Gasteiger partial charge on any atom is 0.218 e. The fourth-order valence-corrected chi connectivity index (χ4v) is 2.81. The normalized spacial score (nSPS) is 10.8. The number of aryl methyl sites for hydroxylation is 2. The van der Waals surface area contributed by atoms with Gasteiger partial charge >= 0.3 is 0 Å². The molecule has 108 valence electrons. The SMILES string of the molecule is CCNCc1c(C)cc(C)nc1OCCc1cccs1. The second-order valence-corrected chi connectivity index (χ2v) is 5.85. The Hall–Kier alpha value is -1.39. The molecule has 0 atom stereocenters. The molecule has 0 saturated carbocycles. The van der Waals surface area contributed by atoms with E-state index < -0.39 is 0 Å². The highest BCUT2D eigenvalue weighted by Crippen LogP contribution is 2.21. The maximum absolute atomic E-state index is 5.92. The summed E-state index contributed by atoms with van der Waals surface area (Å²) >= 11 is 1.77. The third kappa shape index (κ3) is 4.05. The molecule has 0 bridgehead atoms. The first-order chi connectivity index (χ1) is 9.70. The van der Waals surface area contributed by atoms with E-state index >= 15 is 0 Å². The van der Waals surface area contributed by atoms with Crippen molar-refractivity contribution in [3.05, 3.63) is 45.3 Å². The molecular formula is C16H22N2OS. The molecule has 0 amide bonds. The van der Waals surface area contributed by atoms with Crippen LogP contribution in [0.25, 0.3) is 0 Å². The second-order valence-electron chi connectivity index (χ2n) is 4.82. The van der Waals surface area contributed by atoms with Crippen LogP contribution in [0.15, 0.2) is 23.6 Å². The second kappa shape index (κ2) is 7.41. The van der Waals surface area contributed by atoms with Crippen LogP contribution in [0, 0.1) is 13.8 Å². The molecule has 3 nitrogen and oxygen atoms in total. The van der Waals surface area contributed by atoms with Crippen molar-refractivity contribution in [1.82, 2.24) is 10.3 Å². The van der Waals surface area contributed by atoms with Gasteiger partial charge in [-0.3, -0.25) is 0 Å². The predicted molar refractivity (Wildman–Crippen MR) is 84.6 cm³/mol. The zero-order valence-electron chi connectivity index (χ0n) is 12.4.